The summed E-state index contributed by atoms with van der Waals surface area (Å²) in [6.45, 7) is 4.13. The standard InChI is InChI=1S/C18H20BrNO5S/c1-4-20(5-2)26(22,23)17-12-13(6-11-16(17)24-3)18(21)25-15-9-7-14(19)8-10-15/h6-12H,4-5H2,1-3H3. The van der Waals surface area contributed by atoms with Crippen molar-refractivity contribution in [2.75, 3.05) is 20.2 Å². The van der Waals surface area contributed by atoms with Crippen LogP contribution in [0, 0.1) is 0 Å². The number of methoxy groups -OCH3 is 1. The Morgan fingerprint density at radius 2 is 1.69 bits per heavy atom. The highest BCUT2D eigenvalue weighted by molar-refractivity contribution is 9.10. The fourth-order valence-corrected chi connectivity index (χ4v) is 4.28. The van der Waals surface area contributed by atoms with Crippen LogP contribution < -0.4 is 9.47 Å². The van der Waals surface area contributed by atoms with Crippen molar-refractivity contribution in [1.29, 1.82) is 0 Å². The van der Waals surface area contributed by atoms with Crippen LogP contribution in [0.4, 0.5) is 0 Å². The van der Waals surface area contributed by atoms with E-state index in [1.807, 2.05) is 0 Å². The van der Waals surface area contributed by atoms with Gasteiger partial charge in [-0.05, 0) is 42.5 Å². The normalized spacial score (nSPS) is 11.4. The molecule has 0 saturated heterocycles. The van der Waals surface area contributed by atoms with E-state index in [4.69, 9.17) is 9.47 Å². The van der Waals surface area contributed by atoms with Crippen LogP contribution in [0.15, 0.2) is 51.8 Å². The highest BCUT2D eigenvalue weighted by Crippen LogP contribution is 2.28. The molecule has 0 spiro atoms. The van der Waals surface area contributed by atoms with Gasteiger partial charge in [0.2, 0.25) is 10.0 Å². The molecule has 0 fully saturated rings. The number of esters is 1. The number of nitrogens with zero attached hydrogens (tertiary/aromatic N) is 1. The molecule has 0 N–H and O–H groups in total. The summed E-state index contributed by atoms with van der Waals surface area (Å²) in [4.78, 5) is 12.3. The fraction of sp³-hybridized carbons (Fsp3) is 0.278. The zero-order chi connectivity index (χ0) is 19.3. The van der Waals surface area contributed by atoms with Crippen LogP contribution in [0.2, 0.25) is 0 Å². The summed E-state index contributed by atoms with van der Waals surface area (Å²) in [5.74, 6) is -0.106. The molecule has 0 aliphatic rings. The Bertz CT molecular complexity index is 877. The number of benzene rings is 2. The van der Waals surface area contributed by atoms with Crippen LogP contribution in [0.5, 0.6) is 11.5 Å². The average molecular weight is 442 g/mol. The molecule has 0 aliphatic carbocycles. The predicted octanol–water partition coefficient (Wildman–Crippen LogP) is 3.71. The van der Waals surface area contributed by atoms with Crippen molar-refractivity contribution in [2.24, 2.45) is 0 Å². The number of halogens is 1. The zero-order valence-corrected chi connectivity index (χ0v) is 17.1. The lowest BCUT2D eigenvalue weighted by Gasteiger charge is -2.20. The Morgan fingerprint density at radius 3 is 2.23 bits per heavy atom. The Hall–Kier alpha value is -1.90. The lowest BCUT2D eigenvalue weighted by molar-refractivity contribution is 0.0734. The van der Waals surface area contributed by atoms with Gasteiger partial charge >= 0.3 is 5.97 Å². The van der Waals surface area contributed by atoms with E-state index < -0.39 is 16.0 Å². The molecular weight excluding hydrogens is 422 g/mol. The van der Waals surface area contributed by atoms with Crippen molar-refractivity contribution >= 4 is 31.9 Å². The molecule has 2 aromatic rings. The summed E-state index contributed by atoms with van der Waals surface area (Å²) in [6, 6.07) is 11.0. The first-order valence-corrected chi connectivity index (χ1v) is 10.2. The van der Waals surface area contributed by atoms with E-state index in [0.717, 1.165) is 4.47 Å². The molecule has 0 unspecified atom stereocenters. The maximum atomic E-state index is 12.8. The van der Waals surface area contributed by atoms with Crippen molar-refractivity contribution < 1.29 is 22.7 Å². The maximum Gasteiger partial charge on any atom is 0.343 e. The largest absolute Gasteiger partial charge is 0.495 e. The van der Waals surface area contributed by atoms with E-state index in [2.05, 4.69) is 15.9 Å². The Balaban J connectivity index is 2.39. The van der Waals surface area contributed by atoms with E-state index in [1.165, 1.54) is 29.6 Å². The molecule has 6 nitrogen and oxygen atoms in total. The van der Waals surface area contributed by atoms with E-state index >= 15 is 0 Å². The zero-order valence-electron chi connectivity index (χ0n) is 14.7. The van der Waals surface area contributed by atoms with Gasteiger partial charge in [0, 0.05) is 17.6 Å². The number of ether oxygens (including phenoxy) is 2. The molecule has 2 rings (SSSR count). The quantitative estimate of drug-likeness (QED) is 0.483. The van der Waals surface area contributed by atoms with Crippen molar-refractivity contribution in [1.82, 2.24) is 4.31 Å². The molecule has 0 bridgehead atoms. The van der Waals surface area contributed by atoms with E-state index in [0.29, 0.717) is 18.8 Å². The summed E-state index contributed by atoms with van der Waals surface area (Å²) in [5.41, 5.74) is 0.124. The average Bonchev–Trinajstić information content (AvgIpc) is 2.63. The van der Waals surface area contributed by atoms with Gasteiger partial charge in [-0.3, -0.25) is 0 Å². The van der Waals surface area contributed by atoms with Crippen molar-refractivity contribution in [3.05, 3.63) is 52.5 Å². The van der Waals surface area contributed by atoms with Gasteiger partial charge in [0.05, 0.1) is 12.7 Å². The fourth-order valence-electron chi connectivity index (χ4n) is 2.38. The Kier molecular flexibility index (Phi) is 6.80. The number of hydrogen-bond acceptors (Lipinski definition) is 5. The van der Waals surface area contributed by atoms with Crippen LogP contribution in [-0.4, -0.2) is 38.9 Å². The lowest BCUT2D eigenvalue weighted by atomic mass is 10.2. The second-order valence-corrected chi connectivity index (χ2v) is 8.12. The third-order valence-corrected chi connectivity index (χ3v) is 6.35. The van der Waals surface area contributed by atoms with Crippen LogP contribution in [0.25, 0.3) is 0 Å². The van der Waals surface area contributed by atoms with Gasteiger partial charge in [-0.2, -0.15) is 4.31 Å². The summed E-state index contributed by atoms with van der Waals surface area (Å²) in [6.07, 6.45) is 0. The third kappa shape index (κ3) is 4.44. The molecule has 26 heavy (non-hydrogen) atoms. The minimum Gasteiger partial charge on any atom is -0.495 e. The third-order valence-electron chi connectivity index (χ3n) is 3.75. The molecule has 0 heterocycles. The lowest BCUT2D eigenvalue weighted by Crippen LogP contribution is -2.31. The molecular formula is C18H20BrNO5S. The highest BCUT2D eigenvalue weighted by atomic mass is 79.9. The molecule has 2 aromatic carbocycles. The first kappa shape index (κ1) is 20.4. The first-order valence-electron chi connectivity index (χ1n) is 7.99. The van der Waals surface area contributed by atoms with Gasteiger partial charge in [0.15, 0.2) is 0 Å². The Labute approximate surface area is 161 Å². The molecule has 0 atom stereocenters. The molecule has 0 amide bonds. The first-order chi connectivity index (χ1) is 12.3. The van der Waals surface area contributed by atoms with Crippen molar-refractivity contribution in [2.45, 2.75) is 18.7 Å². The van der Waals surface area contributed by atoms with Gasteiger partial charge in [0.25, 0.3) is 0 Å². The van der Waals surface area contributed by atoms with E-state index in [9.17, 15) is 13.2 Å². The molecule has 140 valence electrons. The number of rotatable bonds is 7. The van der Waals surface area contributed by atoms with Gasteiger partial charge in [0.1, 0.15) is 16.4 Å². The van der Waals surface area contributed by atoms with Crippen molar-refractivity contribution in [3.8, 4) is 11.5 Å². The van der Waals surface area contributed by atoms with Gasteiger partial charge in [-0.15, -0.1) is 0 Å². The SMILES string of the molecule is CCN(CC)S(=O)(=O)c1cc(C(=O)Oc2ccc(Br)cc2)ccc1OC. The van der Waals surface area contributed by atoms with Gasteiger partial charge in [-0.1, -0.05) is 29.8 Å². The number of carbonyl (C=O) groups is 1. The smallest absolute Gasteiger partial charge is 0.343 e. The van der Waals surface area contributed by atoms with Crippen LogP contribution >= 0.6 is 15.9 Å². The van der Waals surface area contributed by atoms with Crippen LogP contribution in [-0.2, 0) is 10.0 Å². The maximum absolute atomic E-state index is 12.8. The highest BCUT2D eigenvalue weighted by Gasteiger charge is 2.27. The molecule has 0 radical (unpaired) electrons. The van der Waals surface area contributed by atoms with Gasteiger partial charge in [-0.25, -0.2) is 13.2 Å². The number of carbonyl (C=O) groups excluding carboxylic acids is 1. The summed E-state index contributed by atoms with van der Waals surface area (Å²) >= 11 is 3.31. The predicted molar refractivity (Wildman–Crippen MR) is 102 cm³/mol. The van der Waals surface area contributed by atoms with E-state index in [-0.39, 0.29) is 16.2 Å². The molecule has 0 aliphatic heterocycles. The number of hydrogen-bond donors (Lipinski definition) is 0. The molecule has 0 aromatic heterocycles. The van der Waals surface area contributed by atoms with Crippen molar-refractivity contribution in [3.63, 3.8) is 0 Å². The minimum absolute atomic E-state index is 0.0612. The molecule has 0 saturated carbocycles. The Morgan fingerprint density at radius 1 is 1.08 bits per heavy atom. The van der Waals surface area contributed by atoms with Gasteiger partial charge < -0.3 is 9.47 Å². The monoisotopic (exact) mass is 441 g/mol. The summed E-state index contributed by atoms with van der Waals surface area (Å²) in [7, 11) is -2.40. The second-order valence-electron chi connectivity index (χ2n) is 5.30. The summed E-state index contributed by atoms with van der Waals surface area (Å²) < 4.78 is 38.3. The van der Waals surface area contributed by atoms with Crippen LogP contribution in [0.3, 0.4) is 0 Å². The minimum atomic E-state index is -3.78. The topological polar surface area (TPSA) is 72.9 Å². The second kappa shape index (κ2) is 8.66. The summed E-state index contributed by atoms with van der Waals surface area (Å²) in [5, 5.41) is 0. The van der Waals surface area contributed by atoms with E-state index in [1.54, 1.807) is 38.1 Å². The number of sulfonamides is 1. The van der Waals surface area contributed by atoms with Crippen LogP contribution in [0.1, 0.15) is 24.2 Å². The molecule has 8 heteroatoms.